The summed E-state index contributed by atoms with van der Waals surface area (Å²) in [5, 5.41) is 11.0. The van der Waals surface area contributed by atoms with E-state index < -0.39 is 0 Å². The van der Waals surface area contributed by atoms with Crippen molar-refractivity contribution in [3.63, 3.8) is 0 Å². The molecule has 0 saturated heterocycles. The van der Waals surface area contributed by atoms with Crippen molar-refractivity contribution >= 4 is 5.82 Å². The van der Waals surface area contributed by atoms with Gasteiger partial charge in [0.25, 0.3) is 0 Å². The molecule has 1 aliphatic rings. The smallest absolute Gasteiger partial charge is 0.148 e. The molecule has 1 aromatic heterocycles. The Labute approximate surface area is 65.8 Å². The van der Waals surface area contributed by atoms with Crippen molar-refractivity contribution in [1.82, 2.24) is 10.2 Å². The van der Waals surface area contributed by atoms with Gasteiger partial charge in [-0.3, -0.25) is 0 Å². The van der Waals surface area contributed by atoms with E-state index in [4.69, 9.17) is 0 Å². The van der Waals surface area contributed by atoms with Gasteiger partial charge in [-0.05, 0) is 25.0 Å². The number of nitrogens with one attached hydrogen (secondary N) is 1. The molecule has 11 heavy (non-hydrogen) atoms. The first-order valence-corrected chi connectivity index (χ1v) is 3.91. The third-order valence-corrected chi connectivity index (χ3v) is 1.94. The molecule has 0 aliphatic heterocycles. The van der Waals surface area contributed by atoms with Gasteiger partial charge in [-0.1, -0.05) is 0 Å². The summed E-state index contributed by atoms with van der Waals surface area (Å²) in [6, 6.07) is 4.02. The molecule has 0 spiro atoms. The Morgan fingerprint density at radius 3 is 2.64 bits per heavy atom. The molecular weight excluding hydrogens is 138 g/mol. The highest BCUT2D eigenvalue weighted by molar-refractivity contribution is 5.32. The zero-order valence-corrected chi connectivity index (χ0v) is 6.54. The largest absolute Gasteiger partial charge is 0.372 e. The Bertz CT molecular complexity index is 238. The van der Waals surface area contributed by atoms with Crippen LogP contribution in [-0.4, -0.2) is 17.2 Å². The Hall–Kier alpha value is -1.12. The molecular formula is C8H11N3. The number of nitrogens with zero attached hydrogens (tertiary/aromatic N) is 2. The zero-order chi connectivity index (χ0) is 7.68. The fourth-order valence-electron chi connectivity index (χ4n) is 1.07. The highest BCUT2D eigenvalue weighted by Gasteiger charge is 2.24. The van der Waals surface area contributed by atoms with Crippen LogP contribution in [-0.2, 0) is 0 Å². The SMILES string of the molecule is CNc1ccc(C2CC2)nn1. The van der Waals surface area contributed by atoms with Crippen molar-refractivity contribution in [2.75, 3.05) is 12.4 Å². The first kappa shape index (κ1) is 6.58. The van der Waals surface area contributed by atoms with E-state index in [0.29, 0.717) is 5.92 Å². The van der Waals surface area contributed by atoms with Gasteiger partial charge in [-0.2, -0.15) is 5.10 Å². The lowest BCUT2D eigenvalue weighted by Crippen LogP contribution is -1.96. The molecule has 0 aromatic carbocycles. The molecule has 0 bridgehead atoms. The van der Waals surface area contributed by atoms with Crippen LogP contribution in [0.25, 0.3) is 0 Å². The second kappa shape index (κ2) is 2.49. The maximum absolute atomic E-state index is 4.10. The molecule has 2 rings (SSSR count). The fraction of sp³-hybridized carbons (Fsp3) is 0.500. The summed E-state index contributed by atoms with van der Waals surface area (Å²) in [4.78, 5) is 0. The number of rotatable bonds is 2. The minimum absolute atomic E-state index is 0.702. The Morgan fingerprint density at radius 1 is 1.36 bits per heavy atom. The van der Waals surface area contributed by atoms with E-state index in [9.17, 15) is 0 Å². The summed E-state index contributed by atoms with van der Waals surface area (Å²) in [6.07, 6.45) is 2.57. The highest BCUT2D eigenvalue weighted by atomic mass is 15.2. The van der Waals surface area contributed by atoms with Gasteiger partial charge < -0.3 is 5.32 Å². The van der Waals surface area contributed by atoms with Gasteiger partial charge in [0.15, 0.2) is 0 Å². The van der Waals surface area contributed by atoms with Crippen LogP contribution in [0.3, 0.4) is 0 Å². The minimum Gasteiger partial charge on any atom is -0.372 e. The van der Waals surface area contributed by atoms with E-state index >= 15 is 0 Å². The van der Waals surface area contributed by atoms with E-state index in [1.54, 1.807) is 0 Å². The van der Waals surface area contributed by atoms with Gasteiger partial charge >= 0.3 is 0 Å². The van der Waals surface area contributed by atoms with Crippen molar-refractivity contribution in [3.8, 4) is 0 Å². The van der Waals surface area contributed by atoms with E-state index in [-0.39, 0.29) is 0 Å². The van der Waals surface area contributed by atoms with Gasteiger partial charge in [0.2, 0.25) is 0 Å². The Kier molecular flexibility index (Phi) is 1.49. The molecule has 58 valence electrons. The average Bonchev–Trinajstić information content (AvgIpc) is 2.87. The molecule has 1 aromatic rings. The van der Waals surface area contributed by atoms with Crippen LogP contribution < -0.4 is 5.32 Å². The Morgan fingerprint density at radius 2 is 2.18 bits per heavy atom. The topological polar surface area (TPSA) is 37.8 Å². The Balaban J connectivity index is 2.19. The van der Waals surface area contributed by atoms with Crippen LogP contribution in [0, 0.1) is 0 Å². The molecule has 1 saturated carbocycles. The summed E-state index contributed by atoms with van der Waals surface area (Å²) in [5.74, 6) is 1.54. The molecule has 0 radical (unpaired) electrons. The maximum atomic E-state index is 4.10. The molecule has 1 heterocycles. The number of anilines is 1. The van der Waals surface area contributed by atoms with Crippen molar-refractivity contribution in [3.05, 3.63) is 17.8 Å². The summed E-state index contributed by atoms with van der Waals surface area (Å²) < 4.78 is 0. The first-order chi connectivity index (χ1) is 5.40. The molecule has 1 aliphatic carbocycles. The van der Waals surface area contributed by atoms with Crippen molar-refractivity contribution in [2.24, 2.45) is 0 Å². The predicted octanol–water partition coefficient (Wildman–Crippen LogP) is 1.40. The van der Waals surface area contributed by atoms with Crippen LogP contribution in [0.1, 0.15) is 24.5 Å². The molecule has 1 N–H and O–H groups in total. The van der Waals surface area contributed by atoms with Gasteiger partial charge in [-0.15, -0.1) is 5.10 Å². The lowest BCUT2D eigenvalue weighted by molar-refractivity contribution is 0.913. The molecule has 3 nitrogen and oxygen atoms in total. The summed E-state index contributed by atoms with van der Waals surface area (Å²) >= 11 is 0. The normalized spacial score (nSPS) is 16.5. The second-order valence-electron chi connectivity index (χ2n) is 2.87. The van der Waals surface area contributed by atoms with E-state index in [2.05, 4.69) is 21.6 Å². The van der Waals surface area contributed by atoms with Gasteiger partial charge in [0.05, 0.1) is 5.69 Å². The third-order valence-electron chi connectivity index (χ3n) is 1.94. The second-order valence-corrected chi connectivity index (χ2v) is 2.87. The lowest BCUT2D eigenvalue weighted by atomic mass is 10.3. The first-order valence-electron chi connectivity index (χ1n) is 3.91. The highest BCUT2D eigenvalue weighted by Crippen LogP contribution is 2.38. The molecule has 3 heteroatoms. The zero-order valence-electron chi connectivity index (χ0n) is 6.54. The summed E-state index contributed by atoms with van der Waals surface area (Å²) in [6.45, 7) is 0. The fourth-order valence-corrected chi connectivity index (χ4v) is 1.07. The van der Waals surface area contributed by atoms with Gasteiger partial charge in [0.1, 0.15) is 5.82 Å². The number of aromatic nitrogens is 2. The van der Waals surface area contributed by atoms with E-state index in [1.807, 2.05) is 13.1 Å². The lowest BCUT2D eigenvalue weighted by Gasteiger charge is -1.98. The van der Waals surface area contributed by atoms with Crippen molar-refractivity contribution < 1.29 is 0 Å². The van der Waals surface area contributed by atoms with Crippen molar-refractivity contribution in [2.45, 2.75) is 18.8 Å². The van der Waals surface area contributed by atoms with Crippen LogP contribution in [0.15, 0.2) is 12.1 Å². The van der Waals surface area contributed by atoms with Crippen LogP contribution in [0.5, 0.6) is 0 Å². The maximum Gasteiger partial charge on any atom is 0.148 e. The monoisotopic (exact) mass is 149 g/mol. The standard InChI is InChI=1S/C8H11N3/c1-9-8-5-4-7(10-11-8)6-2-3-6/h4-6H,2-3H2,1H3,(H,9,11). The summed E-state index contributed by atoms with van der Waals surface area (Å²) in [5.41, 5.74) is 1.14. The van der Waals surface area contributed by atoms with Crippen LogP contribution >= 0.6 is 0 Å². The average molecular weight is 149 g/mol. The van der Waals surface area contributed by atoms with E-state index in [1.165, 1.54) is 12.8 Å². The molecule has 1 fully saturated rings. The predicted molar refractivity (Wildman–Crippen MR) is 43.6 cm³/mol. The van der Waals surface area contributed by atoms with E-state index in [0.717, 1.165) is 11.5 Å². The number of hydrogen-bond donors (Lipinski definition) is 1. The molecule has 0 amide bonds. The minimum atomic E-state index is 0.702. The quantitative estimate of drug-likeness (QED) is 0.690. The van der Waals surface area contributed by atoms with Crippen LogP contribution in [0.2, 0.25) is 0 Å². The van der Waals surface area contributed by atoms with Gasteiger partial charge in [0, 0.05) is 13.0 Å². The molecule has 0 atom stereocenters. The van der Waals surface area contributed by atoms with Crippen molar-refractivity contribution in [1.29, 1.82) is 0 Å². The van der Waals surface area contributed by atoms with Crippen LogP contribution in [0.4, 0.5) is 5.82 Å². The molecule has 0 unspecified atom stereocenters. The number of hydrogen-bond acceptors (Lipinski definition) is 3. The van der Waals surface area contributed by atoms with Gasteiger partial charge in [-0.25, -0.2) is 0 Å². The third kappa shape index (κ3) is 1.31. The summed E-state index contributed by atoms with van der Waals surface area (Å²) in [7, 11) is 1.85.